The number of methoxy groups -OCH3 is 1. The number of sulfonamides is 1. The molecule has 1 atom stereocenters. The van der Waals surface area contributed by atoms with E-state index in [1.165, 1.54) is 19.4 Å². The Balaban J connectivity index is 2.96. The van der Waals surface area contributed by atoms with Gasteiger partial charge in [0, 0.05) is 5.38 Å². The summed E-state index contributed by atoms with van der Waals surface area (Å²) in [7, 11) is -2.77. The highest BCUT2D eigenvalue weighted by atomic mass is 32.2. The summed E-state index contributed by atoms with van der Waals surface area (Å²) in [5, 5.41) is 9.95. The molecule has 0 saturated heterocycles. The average Bonchev–Trinajstić information content (AvgIpc) is 2.77. The Bertz CT molecular complexity index is 561. The first kappa shape index (κ1) is 14.6. The van der Waals surface area contributed by atoms with Crippen LogP contribution in [-0.2, 0) is 19.6 Å². The molecule has 0 aliphatic rings. The number of carbonyl (C=O) groups is 2. The van der Waals surface area contributed by atoms with E-state index in [2.05, 4.69) is 4.74 Å². The zero-order valence-corrected chi connectivity index (χ0v) is 11.2. The second-order valence-corrected chi connectivity index (χ2v) is 6.18. The van der Waals surface area contributed by atoms with E-state index < -0.39 is 28.0 Å². The van der Waals surface area contributed by atoms with Gasteiger partial charge in [-0.15, -0.1) is 11.3 Å². The molecular formula is C9H11NO6S2. The number of carboxylic acid groups (broad SMARTS) is 1. The summed E-state index contributed by atoms with van der Waals surface area (Å²) in [4.78, 5) is 21.7. The van der Waals surface area contributed by atoms with Crippen LogP contribution in [0.1, 0.15) is 17.3 Å². The molecule has 100 valence electrons. The number of thiophene rings is 1. The quantitative estimate of drug-likeness (QED) is 0.755. The Labute approximate surface area is 107 Å². The number of aliphatic carboxylic acids is 1. The lowest BCUT2D eigenvalue weighted by molar-refractivity contribution is -0.138. The van der Waals surface area contributed by atoms with E-state index in [0.717, 1.165) is 17.4 Å². The Morgan fingerprint density at radius 3 is 2.61 bits per heavy atom. The van der Waals surface area contributed by atoms with Gasteiger partial charge in [-0.3, -0.25) is 4.79 Å². The summed E-state index contributed by atoms with van der Waals surface area (Å²) in [5.74, 6) is -1.94. The van der Waals surface area contributed by atoms with Gasteiger partial charge >= 0.3 is 11.9 Å². The first-order valence-electron chi connectivity index (χ1n) is 4.70. The van der Waals surface area contributed by atoms with Crippen molar-refractivity contribution in [3.8, 4) is 0 Å². The number of hydrogen-bond acceptors (Lipinski definition) is 6. The molecule has 0 saturated carbocycles. The topological polar surface area (TPSA) is 110 Å². The zero-order valence-electron chi connectivity index (χ0n) is 9.54. The summed E-state index contributed by atoms with van der Waals surface area (Å²) < 4.78 is 29.8. The standard InChI is InChI=1S/C9H11NO6S2/c1-5(8(11)12)10-18(14,15)7-3-6(4-17-7)9(13)16-2/h3-5,10H,1-2H3,(H,11,12)/t5-/m0/s1. The fourth-order valence-corrected chi connectivity index (χ4v) is 3.39. The predicted molar refractivity (Wildman–Crippen MR) is 63.1 cm³/mol. The van der Waals surface area contributed by atoms with Crippen LogP contribution in [0.25, 0.3) is 0 Å². The van der Waals surface area contributed by atoms with Crippen LogP contribution >= 0.6 is 11.3 Å². The predicted octanol–water partition coefficient (Wildman–Crippen LogP) is 0.286. The summed E-state index contributed by atoms with van der Waals surface area (Å²) in [6, 6.07) is -0.119. The Kier molecular flexibility index (Phi) is 4.43. The van der Waals surface area contributed by atoms with Crippen LogP contribution in [0.5, 0.6) is 0 Å². The normalized spacial score (nSPS) is 13.0. The van der Waals surface area contributed by atoms with Crippen LogP contribution in [0.3, 0.4) is 0 Å². The van der Waals surface area contributed by atoms with Gasteiger partial charge in [-0.05, 0) is 13.0 Å². The highest BCUT2D eigenvalue weighted by Crippen LogP contribution is 2.20. The highest BCUT2D eigenvalue weighted by molar-refractivity contribution is 7.91. The van der Waals surface area contributed by atoms with Crippen molar-refractivity contribution in [3.05, 3.63) is 17.0 Å². The Morgan fingerprint density at radius 2 is 2.11 bits per heavy atom. The maximum atomic E-state index is 11.8. The van der Waals surface area contributed by atoms with Crippen LogP contribution < -0.4 is 4.72 Å². The summed E-state index contributed by atoms with van der Waals surface area (Å²) in [6.45, 7) is 1.20. The lowest BCUT2D eigenvalue weighted by Gasteiger charge is -2.07. The van der Waals surface area contributed by atoms with E-state index in [9.17, 15) is 18.0 Å². The fourth-order valence-electron chi connectivity index (χ4n) is 1.02. The van der Waals surface area contributed by atoms with Gasteiger partial charge in [0.05, 0.1) is 12.7 Å². The zero-order chi connectivity index (χ0) is 13.9. The third-order valence-corrected chi connectivity index (χ3v) is 4.94. The van der Waals surface area contributed by atoms with E-state index in [1.807, 2.05) is 4.72 Å². The Morgan fingerprint density at radius 1 is 1.50 bits per heavy atom. The molecular weight excluding hydrogens is 282 g/mol. The van der Waals surface area contributed by atoms with Gasteiger partial charge in [0.1, 0.15) is 10.3 Å². The van der Waals surface area contributed by atoms with Gasteiger partial charge in [0.25, 0.3) is 10.0 Å². The number of hydrogen-bond donors (Lipinski definition) is 2. The minimum atomic E-state index is -3.95. The summed E-state index contributed by atoms with van der Waals surface area (Å²) >= 11 is 0.810. The van der Waals surface area contributed by atoms with Crippen molar-refractivity contribution in [2.75, 3.05) is 7.11 Å². The molecule has 9 heteroatoms. The number of ether oxygens (including phenoxy) is 1. The molecule has 0 fully saturated rings. The number of carbonyl (C=O) groups excluding carboxylic acids is 1. The second-order valence-electron chi connectivity index (χ2n) is 3.33. The molecule has 1 aromatic rings. The first-order valence-corrected chi connectivity index (χ1v) is 7.06. The fraction of sp³-hybridized carbons (Fsp3) is 0.333. The number of rotatable bonds is 5. The van der Waals surface area contributed by atoms with E-state index in [4.69, 9.17) is 5.11 Å². The third kappa shape index (κ3) is 3.28. The summed E-state index contributed by atoms with van der Waals surface area (Å²) in [6.07, 6.45) is 0. The Hall–Kier alpha value is -1.45. The smallest absolute Gasteiger partial charge is 0.338 e. The highest BCUT2D eigenvalue weighted by Gasteiger charge is 2.24. The van der Waals surface area contributed by atoms with Gasteiger partial charge in [0.15, 0.2) is 0 Å². The van der Waals surface area contributed by atoms with Crippen LogP contribution in [0.2, 0.25) is 0 Å². The molecule has 0 aromatic carbocycles. The first-order chi connectivity index (χ1) is 8.27. The van der Waals surface area contributed by atoms with Gasteiger partial charge in [-0.25, -0.2) is 13.2 Å². The van der Waals surface area contributed by atoms with Crippen molar-refractivity contribution in [2.24, 2.45) is 0 Å². The third-order valence-electron chi connectivity index (χ3n) is 1.96. The van der Waals surface area contributed by atoms with E-state index in [0.29, 0.717) is 0 Å². The molecule has 18 heavy (non-hydrogen) atoms. The van der Waals surface area contributed by atoms with Crippen molar-refractivity contribution in [3.63, 3.8) is 0 Å². The van der Waals surface area contributed by atoms with E-state index in [-0.39, 0.29) is 9.77 Å². The van der Waals surface area contributed by atoms with Crippen LogP contribution in [0.15, 0.2) is 15.7 Å². The molecule has 0 radical (unpaired) electrons. The molecule has 7 nitrogen and oxygen atoms in total. The molecule has 0 aliphatic carbocycles. The minimum Gasteiger partial charge on any atom is -0.480 e. The molecule has 0 aliphatic heterocycles. The van der Waals surface area contributed by atoms with Crippen LogP contribution in [-0.4, -0.2) is 38.6 Å². The van der Waals surface area contributed by atoms with Gasteiger partial charge in [-0.1, -0.05) is 0 Å². The average molecular weight is 293 g/mol. The number of nitrogens with one attached hydrogen (secondary N) is 1. The van der Waals surface area contributed by atoms with E-state index >= 15 is 0 Å². The number of esters is 1. The van der Waals surface area contributed by atoms with Gasteiger partial charge in [-0.2, -0.15) is 4.72 Å². The molecule has 1 rings (SSSR count). The maximum Gasteiger partial charge on any atom is 0.338 e. The SMILES string of the molecule is COC(=O)c1csc(S(=O)(=O)N[C@@H](C)C(=O)O)c1. The molecule has 0 amide bonds. The van der Waals surface area contributed by atoms with E-state index in [1.54, 1.807) is 0 Å². The summed E-state index contributed by atoms with van der Waals surface area (Å²) in [5.41, 5.74) is 0.103. The van der Waals surface area contributed by atoms with Gasteiger partial charge in [0.2, 0.25) is 0 Å². The van der Waals surface area contributed by atoms with Crippen molar-refractivity contribution in [1.29, 1.82) is 0 Å². The van der Waals surface area contributed by atoms with Crippen molar-refractivity contribution < 1.29 is 27.9 Å². The van der Waals surface area contributed by atoms with Crippen LogP contribution in [0, 0.1) is 0 Å². The lowest BCUT2D eigenvalue weighted by Crippen LogP contribution is -2.37. The lowest BCUT2D eigenvalue weighted by atomic mass is 10.3. The minimum absolute atomic E-state index is 0.103. The van der Waals surface area contributed by atoms with Crippen molar-refractivity contribution in [1.82, 2.24) is 4.72 Å². The van der Waals surface area contributed by atoms with Crippen LogP contribution in [0.4, 0.5) is 0 Å². The molecule has 0 unspecified atom stereocenters. The monoisotopic (exact) mass is 293 g/mol. The molecule has 0 spiro atoms. The van der Waals surface area contributed by atoms with Crippen molar-refractivity contribution >= 4 is 33.3 Å². The molecule has 1 heterocycles. The molecule has 1 aromatic heterocycles. The molecule has 0 bridgehead atoms. The number of carboxylic acids is 1. The van der Waals surface area contributed by atoms with Gasteiger partial charge < -0.3 is 9.84 Å². The largest absolute Gasteiger partial charge is 0.480 e. The molecule has 2 N–H and O–H groups in total. The van der Waals surface area contributed by atoms with Crippen molar-refractivity contribution in [2.45, 2.75) is 17.2 Å². The maximum absolute atomic E-state index is 11.8. The second kappa shape index (κ2) is 5.46.